The van der Waals surface area contributed by atoms with Gasteiger partial charge < -0.3 is 10.4 Å². The van der Waals surface area contributed by atoms with E-state index >= 15 is 0 Å². The molecule has 0 amide bonds. The number of hydrogen-bond donors (Lipinski definition) is 2. The van der Waals surface area contributed by atoms with Gasteiger partial charge in [-0.3, -0.25) is 0 Å². The van der Waals surface area contributed by atoms with E-state index in [0.717, 1.165) is 12.3 Å². The Hall–Kier alpha value is -0.570. The standard InChI is InChI=1S/C9H10F3IN2O/c1-5(16)3-14-8-7(13)2-6(4-15-8)9(10,11)12/h2,4-5,16H,3H2,1H3,(H,14,15). The SMILES string of the molecule is CC(O)CNc1ncc(C(F)(F)F)cc1I. The van der Waals surface area contributed by atoms with Crippen LogP contribution in [0.15, 0.2) is 12.3 Å². The van der Waals surface area contributed by atoms with Gasteiger partial charge in [0.15, 0.2) is 0 Å². The lowest BCUT2D eigenvalue weighted by Gasteiger charge is -2.11. The molecule has 0 aliphatic carbocycles. The zero-order valence-corrected chi connectivity index (χ0v) is 10.5. The van der Waals surface area contributed by atoms with Crippen LogP contribution < -0.4 is 5.32 Å². The lowest BCUT2D eigenvalue weighted by atomic mass is 10.3. The van der Waals surface area contributed by atoms with Crippen LogP contribution in [0.2, 0.25) is 0 Å². The van der Waals surface area contributed by atoms with Crippen molar-refractivity contribution in [1.29, 1.82) is 0 Å². The molecular formula is C9H10F3IN2O. The van der Waals surface area contributed by atoms with Gasteiger partial charge in [-0.25, -0.2) is 4.98 Å². The van der Waals surface area contributed by atoms with Crippen LogP contribution in [0.3, 0.4) is 0 Å². The lowest BCUT2D eigenvalue weighted by molar-refractivity contribution is -0.137. The van der Waals surface area contributed by atoms with Gasteiger partial charge in [-0.1, -0.05) is 0 Å². The normalized spacial score (nSPS) is 13.6. The van der Waals surface area contributed by atoms with E-state index in [0.29, 0.717) is 9.39 Å². The van der Waals surface area contributed by atoms with Crippen LogP contribution in [0, 0.1) is 3.57 Å². The molecule has 0 bridgehead atoms. The number of alkyl halides is 3. The molecule has 0 fully saturated rings. The zero-order chi connectivity index (χ0) is 12.3. The molecule has 0 radical (unpaired) electrons. The van der Waals surface area contributed by atoms with E-state index in [9.17, 15) is 13.2 Å². The fourth-order valence-electron chi connectivity index (χ4n) is 0.967. The van der Waals surface area contributed by atoms with Gasteiger partial charge in [0.25, 0.3) is 0 Å². The molecule has 1 atom stereocenters. The van der Waals surface area contributed by atoms with Crippen molar-refractivity contribution in [2.24, 2.45) is 0 Å². The largest absolute Gasteiger partial charge is 0.417 e. The maximum Gasteiger partial charge on any atom is 0.417 e. The topological polar surface area (TPSA) is 45.1 Å². The van der Waals surface area contributed by atoms with Gasteiger partial charge >= 0.3 is 6.18 Å². The van der Waals surface area contributed by atoms with Crippen molar-refractivity contribution in [3.8, 4) is 0 Å². The number of nitrogens with one attached hydrogen (secondary N) is 1. The second-order valence-corrected chi connectivity index (χ2v) is 4.44. The van der Waals surface area contributed by atoms with Crippen LogP contribution in [0.5, 0.6) is 0 Å². The van der Waals surface area contributed by atoms with Crippen molar-refractivity contribution < 1.29 is 18.3 Å². The number of aromatic nitrogens is 1. The molecule has 0 saturated heterocycles. The predicted octanol–water partition coefficient (Wildman–Crippen LogP) is 2.50. The van der Waals surface area contributed by atoms with Crippen LogP contribution in [0.1, 0.15) is 12.5 Å². The van der Waals surface area contributed by atoms with Crippen LogP contribution in [0.25, 0.3) is 0 Å². The number of hydrogen-bond acceptors (Lipinski definition) is 3. The Morgan fingerprint density at radius 3 is 2.62 bits per heavy atom. The van der Waals surface area contributed by atoms with E-state index in [2.05, 4.69) is 10.3 Å². The second-order valence-electron chi connectivity index (χ2n) is 3.28. The maximum absolute atomic E-state index is 12.3. The average Bonchev–Trinajstić information content (AvgIpc) is 2.14. The molecule has 1 aromatic heterocycles. The molecular weight excluding hydrogens is 336 g/mol. The summed E-state index contributed by atoms with van der Waals surface area (Å²) in [6.07, 6.45) is -4.19. The molecule has 1 aromatic rings. The van der Waals surface area contributed by atoms with Gasteiger partial charge in [-0.2, -0.15) is 13.2 Å². The Kier molecular flexibility index (Phi) is 4.36. The highest BCUT2D eigenvalue weighted by Gasteiger charge is 2.31. The van der Waals surface area contributed by atoms with Crippen LogP contribution in [-0.4, -0.2) is 22.7 Å². The monoisotopic (exact) mass is 346 g/mol. The molecule has 3 nitrogen and oxygen atoms in total. The fourth-order valence-corrected chi connectivity index (χ4v) is 1.63. The summed E-state index contributed by atoms with van der Waals surface area (Å²) in [5.74, 6) is 0.342. The Morgan fingerprint density at radius 1 is 1.56 bits per heavy atom. The quantitative estimate of drug-likeness (QED) is 0.827. The van der Waals surface area contributed by atoms with Crippen molar-refractivity contribution in [2.45, 2.75) is 19.2 Å². The van der Waals surface area contributed by atoms with E-state index in [1.807, 2.05) is 0 Å². The summed E-state index contributed by atoms with van der Waals surface area (Å²) < 4.78 is 37.3. The summed E-state index contributed by atoms with van der Waals surface area (Å²) >= 11 is 1.77. The van der Waals surface area contributed by atoms with Gasteiger partial charge in [-0.15, -0.1) is 0 Å². The van der Waals surface area contributed by atoms with Crippen molar-refractivity contribution in [3.63, 3.8) is 0 Å². The van der Waals surface area contributed by atoms with Gasteiger partial charge in [0, 0.05) is 12.7 Å². The lowest BCUT2D eigenvalue weighted by Crippen LogP contribution is -2.17. The molecule has 7 heteroatoms. The predicted molar refractivity (Wildman–Crippen MR) is 62.1 cm³/mol. The number of anilines is 1. The number of rotatable bonds is 3. The van der Waals surface area contributed by atoms with Crippen molar-refractivity contribution in [1.82, 2.24) is 4.98 Å². The van der Waals surface area contributed by atoms with E-state index < -0.39 is 17.8 Å². The van der Waals surface area contributed by atoms with Crippen LogP contribution in [-0.2, 0) is 6.18 Å². The number of pyridine rings is 1. The Balaban J connectivity index is 2.84. The number of aliphatic hydroxyl groups is 1. The minimum Gasteiger partial charge on any atom is -0.392 e. The summed E-state index contributed by atoms with van der Waals surface area (Å²) in [5, 5.41) is 11.8. The van der Waals surface area contributed by atoms with Crippen LogP contribution in [0.4, 0.5) is 19.0 Å². The van der Waals surface area contributed by atoms with E-state index in [-0.39, 0.29) is 6.54 Å². The molecule has 2 N–H and O–H groups in total. The zero-order valence-electron chi connectivity index (χ0n) is 8.35. The number of aliphatic hydroxyl groups excluding tert-OH is 1. The van der Waals surface area contributed by atoms with Gasteiger partial charge in [0.05, 0.1) is 15.2 Å². The Morgan fingerprint density at radius 2 is 2.19 bits per heavy atom. The minimum atomic E-state index is -4.38. The number of nitrogens with zero attached hydrogens (tertiary/aromatic N) is 1. The molecule has 0 saturated carbocycles. The molecule has 0 aliphatic rings. The highest BCUT2D eigenvalue weighted by Crippen LogP contribution is 2.30. The van der Waals surface area contributed by atoms with E-state index in [1.165, 1.54) is 0 Å². The summed E-state index contributed by atoms with van der Waals surface area (Å²) in [6.45, 7) is 1.82. The van der Waals surface area contributed by atoms with Gasteiger partial charge in [-0.05, 0) is 35.6 Å². The highest BCUT2D eigenvalue weighted by atomic mass is 127. The smallest absolute Gasteiger partial charge is 0.392 e. The molecule has 1 unspecified atom stereocenters. The third kappa shape index (κ3) is 3.78. The minimum absolute atomic E-state index is 0.244. The molecule has 1 rings (SSSR count). The first-order valence-corrected chi connectivity index (χ1v) is 5.53. The first-order valence-electron chi connectivity index (χ1n) is 4.45. The van der Waals surface area contributed by atoms with Gasteiger partial charge in [0.1, 0.15) is 5.82 Å². The summed E-state index contributed by atoms with van der Waals surface area (Å²) in [7, 11) is 0. The molecule has 16 heavy (non-hydrogen) atoms. The Bertz CT molecular complexity index is 368. The molecule has 0 spiro atoms. The average molecular weight is 346 g/mol. The number of halogens is 4. The maximum atomic E-state index is 12.3. The van der Waals surface area contributed by atoms with Crippen LogP contribution >= 0.6 is 22.6 Å². The fraction of sp³-hybridized carbons (Fsp3) is 0.444. The Labute approximate surface area is 104 Å². The third-order valence-electron chi connectivity index (χ3n) is 1.73. The van der Waals surface area contributed by atoms with E-state index in [4.69, 9.17) is 5.11 Å². The molecule has 90 valence electrons. The summed E-state index contributed by atoms with van der Waals surface area (Å²) in [5.41, 5.74) is -0.778. The van der Waals surface area contributed by atoms with Crippen molar-refractivity contribution in [2.75, 3.05) is 11.9 Å². The second kappa shape index (κ2) is 5.17. The van der Waals surface area contributed by atoms with Crippen molar-refractivity contribution in [3.05, 3.63) is 21.4 Å². The molecule has 1 heterocycles. The van der Waals surface area contributed by atoms with Gasteiger partial charge in [0.2, 0.25) is 0 Å². The molecule has 0 aliphatic heterocycles. The molecule has 0 aromatic carbocycles. The summed E-state index contributed by atoms with van der Waals surface area (Å²) in [4.78, 5) is 3.67. The third-order valence-corrected chi connectivity index (χ3v) is 2.56. The van der Waals surface area contributed by atoms with E-state index in [1.54, 1.807) is 29.5 Å². The first-order chi connectivity index (χ1) is 7.30. The first kappa shape index (κ1) is 13.5. The summed E-state index contributed by atoms with van der Waals surface area (Å²) in [6, 6.07) is 1.01. The van der Waals surface area contributed by atoms with Crippen molar-refractivity contribution >= 4 is 28.4 Å². The highest BCUT2D eigenvalue weighted by molar-refractivity contribution is 14.1.